The van der Waals surface area contributed by atoms with Crippen molar-refractivity contribution in [2.75, 3.05) is 20.2 Å². The molecule has 0 radical (unpaired) electrons. The lowest BCUT2D eigenvalue weighted by atomic mass is 9.91. The Hall–Kier alpha value is -0.340. The van der Waals surface area contributed by atoms with Gasteiger partial charge in [0.1, 0.15) is 0 Å². The van der Waals surface area contributed by atoms with Gasteiger partial charge < -0.3 is 5.11 Å². The Bertz CT molecular complexity index is 179. The van der Waals surface area contributed by atoms with Crippen LogP contribution in [0.5, 0.6) is 0 Å². The van der Waals surface area contributed by atoms with Crippen LogP contribution < -0.4 is 0 Å². The highest BCUT2D eigenvalue weighted by atomic mass is 16.3. The lowest BCUT2D eigenvalue weighted by Gasteiger charge is -2.33. The second-order valence-corrected chi connectivity index (χ2v) is 3.92. The van der Waals surface area contributed by atoms with Gasteiger partial charge in [-0.05, 0) is 19.9 Å². The summed E-state index contributed by atoms with van der Waals surface area (Å²) in [5.74, 6) is 0. The molecule has 1 saturated heterocycles. The molecular weight excluding hydrogens is 162 g/mol. The van der Waals surface area contributed by atoms with Crippen molar-refractivity contribution in [3.8, 4) is 0 Å². The smallest absolute Gasteiger partial charge is 0.0618 e. The fraction of sp³-hybridized carbons (Fsp3) is 0.818. The molecule has 0 aromatic heterocycles. The van der Waals surface area contributed by atoms with Crippen LogP contribution >= 0.6 is 0 Å². The normalized spacial score (nSPS) is 29.0. The first-order chi connectivity index (χ1) is 5.64. The molecule has 1 heterocycles. The summed E-state index contributed by atoms with van der Waals surface area (Å²) in [5.41, 5.74) is 1.26. The molecule has 0 aromatic rings. The molecule has 1 rings (SSSR count). The van der Waals surface area contributed by atoms with Crippen molar-refractivity contribution in [1.82, 2.24) is 4.90 Å². The maximum Gasteiger partial charge on any atom is 0.0618 e. The molecule has 1 aliphatic rings. The molecule has 0 aromatic carbocycles. The van der Waals surface area contributed by atoms with E-state index < -0.39 is 0 Å². The van der Waals surface area contributed by atoms with E-state index in [1.54, 1.807) is 0 Å². The van der Waals surface area contributed by atoms with Gasteiger partial charge in [0.05, 0.1) is 6.61 Å². The summed E-state index contributed by atoms with van der Waals surface area (Å²) in [6, 6.07) is 0. The zero-order valence-electron chi connectivity index (χ0n) is 8.14. The number of hydrogen-bond acceptors (Lipinski definition) is 2. The van der Waals surface area contributed by atoms with Gasteiger partial charge >= 0.3 is 0 Å². The van der Waals surface area contributed by atoms with E-state index in [1.165, 1.54) is 5.57 Å². The van der Waals surface area contributed by atoms with E-state index >= 15 is 0 Å². The van der Waals surface area contributed by atoms with Crippen molar-refractivity contribution in [2.24, 2.45) is 0 Å². The van der Waals surface area contributed by atoms with Crippen LogP contribution in [0.1, 0.15) is 33.6 Å². The largest absolute Gasteiger partial charge is 0.394 e. The van der Waals surface area contributed by atoms with Crippen LogP contribution in [0.4, 0.5) is 0 Å². The molecule has 0 bridgehead atoms. The second kappa shape index (κ2) is 4.77. The summed E-state index contributed by atoms with van der Waals surface area (Å²) in [5, 5.41) is 9.35. The van der Waals surface area contributed by atoms with E-state index in [4.69, 9.17) is 0 Å². The lowest BCUT2D eigenvalue weighted by molar-refractivity contribution is 0.0755. The standard InChI is InChI=1S/C10H19NO.CH4/c1-4-5-10(8-12)6-9(2)7-11(10)3;/h12H,2,4-8H2,1,3H3;1H4/t10-;/m0./s1. The molecule has 0 amide bonds. The van der Waals surface area contributed by atoms with Crippen molar-refractivity contribution in [1.29, 1.82) is 0 Å². The molecule has 0 saturated carbocycles. The van der Waals surface area contributed by atoms with Crippen molar-refractivity contribution in [3.05, 3.63) is 12.2 Å². The maximum absolute atomic E-state index is 9.35. The van der Waals surface area contributed by atoms with Crippen molar-refractivity contribution >= 4 is 0 Å². The van der Waals surface area contributed by atoms with E-state index in [0.717, 1.165) is 25.8 Å². The van der Waals surface area contributed by atoms with Crippen LogP contribution in [-0.2, 0) is 0 Å². The van der Waals surface area contributed by atoms with Crippen LogP contribution in [0.2, 0.25) is 0 Å². The highest BCUT2D eigenvalue weighted by molar-refractivity contribution is 5.14. The monoisotopic (exact) mass is 185 g/mol. The highest BCUT2D eigenvalue weighted by Gasteiger charge is 2.38. The number of rotatable bonds is 3. The van der Waals surface area contributed by atoms with Gasteiger partial charge in [0.25, 0.3) is 0 Å². The average Bonchev–Trinajstić information content (AvgIpc) is 2.28. The molecule has 1 aliphatic heterocycles. The van der Waals surface area contributed by atoms with Crippen molar-refractivity contribution in [2.45, 2.75) is 39.2 Å². The van der Waals surface area contributed by atoms with Crippen LogP contribution in [-0.4, -0.2) is 35.7 Å². The Morgan fingerprint density at radius 1 is 1.62 bits per heavy atom. The van der Waals surface area contributed by atoms with Crippen molar-refractivity contribution < 1.29 is 5.11 Å². The Kier molecular flexibility index (Phi) is 4.65. The number of likely N-dealkylation sites (N-methyl/N-ethyl adjacent to an activating group) is 1. The first-order valence-corrected chi connectivity index (χ1v) is 4.63. The van der Waals surface area contributed by atoms with E-state index in [2.05, 4.69) is 25.5 Å². The van der Waals surface area contributed by atoms with Gasteiger partial charge in [-0.3, -0.25) is 4.90 Å². The topological polar surface area (TPSA) is 23.5 Å². The van der Waals surface area contributed by atoms with Crippen molar-refractivity contribution in [3.63, 3.8) is 0 Å². The Balaban J connectivity index is 0.00000144. The van der Waals surface area contributed by atoms with Gasteiger partial charge in [-0.1, -0.05) is 32.9 Å². The zero-order chi connectivity index (χ0) is 9.19. The average molecular weight is 185 g/mol. The summed E-state index contributed by atoms with van der Waals surface area (Å²) in [6.45, 7) is 7.34. The zero-order valence-corrected chi connectivity index (χ0v) is 8.14. The number of likely N-dealkylation sites (tertiary alicyclic amines) is 1. The van der Waals surface area contributed by atoms with Gasteiger partial charge in [0.2, 0.25) is 0 Å². The van der Waals surface area contributed by atoms with Gasteiger partial charge in [0.15, 0.2) is 0 Å². The molecule has 0 unspecified atom stereocenters. The van der Waals surface area contributed by atoms with E-state index in [-0.39, 0.29) is 19.6 Å². The Labute approximate surface area is 82.3 Å². The van der Waals surface area contributed by atoms with Gasteiger partial charge in [-0.25, -0.2) is 0 Å². The molecule has 2 nitrogen and oxygen atoms in total. The molecule has 78 valence electrons. The number of aliphatic hydroxyl groups excluding tert-OH is 1. The minimum absolute atomic E-state index is 0. The number of aliphatic hydroxyl groups is 1. The number of nitrogens with zero attached hydrogens (tertiary/aromatic N) is 1. The van der Waals surface area contributed by atoms with Crippen LogP contribution in [0.25, 0.3) is 0 Å². The fourth-order valence-corrected chi connectivity index (χ4v) is 2.16. The third-order valence-electron chi connectivity index (χ3n) is 2.86. The first kappa shape index (κ1) is 12.7. The minimum Gasteiger partial charge on any atom is -0.394 e. The molecule has 0 aliphatic carbocycles. The lowest BCUT2D eigenvalue weighted by Crippen LogP contribution is -2.44. The number of hydrogen-bond donors (Lipinski definition) is 1. The van der Waals surface area contributed by atoms with Gasteiger partial charge in [0, 0.05) is 12.1 Å². The molecule has 1 fully saturated rings. The molecule has 1 atom stereocenters. The maximum atomic E-state index is 9.35. The molecule has 0 spiro atoms. The van der Waals surface area contributed by atoms with Gasteiger partial charge in [-0.2, -0.15) is 0 Å². The summed E-state index contributed by atoms with van der Waals surface area (Å²) in [7, 11) is 2.07. The van der Waals surface area contributed by atoms with E-state index in [9.17, 15) is 5.11 Å². The van der Waals surface area contributed by atoms with E-state index in [0.29, 0.717) is 0 Å². The van der Waals surface area contributed by atoms with E-state index in [1.807, 2.05) is 0 Å². The predicted molar refractivity (Wildman–Crippen MR) is 57.8 cm³/mol. The Morgan fingerprint density at radius 2 is 2.23 bits per heavy atom. The molecule has 2 heteroatoms. The molecular formula is C11H23NO. The summed E-state index contributed by atoms with van der Waals surface area (Å²) in [6.07, 6.45) is 3.16. The third kappa shape index (κ3) is 2.32. The predicted octanol–water partition coefficient (Wildman–Crippen LogP) is 2.05. The van der Waals surface area contributed by atoms with Gasteiger partial charge in [-0.15, -0.1) is 0 Å². The summed E-state index contributed by atoms with van der Waals surface area (Å²) < 4.78 is 0. The first-order valence-electron chi connectivity index (χ1n) is 4.63. The second-order valence-electron chi connectivity index (χ2n) is 3.92. The molecule has 1 N–H and O–H groups in total. The Morgan fingerprint density at radius 3 is 2.54 bits per heavy atom. The fourth-order valence-electron chi connectivity index (χ4n) is 2.16. The SMILES string of the molecule is C.C=C1CN(C)[C@@](CO)(CCC)C1. The quantitative estimate of drug-likeness (QED) is 0.680. The molecule has 13 heavy (non-hydrogen) atoms. The summed E-state index contributed by atoms with van der Waals surface area (Å²) >= 11 is 0. The minimum atomic E-state index is 0. The van der Waals surface area contributed by atoms with Crippen LogP contribution in [0.15, 0.2) is 12.2 Å². The third-order valence-corrected chi connectivity index (χ3v) is 2.86. The van der Waals surface area contributed by atoms with Crippen LogP contribution in [0, 0.1) is 0 Å². The summed E-state index contributed by atoms with van der Waals surface area (Å²) in [4.78, 5) is 2.23. The van der Waals surface area contributed by atoms with Crippen LogP contribution in [0.3, 0.4) is 0 Å². The highest BCUT2D eigenvalue weighted by Crippen LogP contribution is 2.33.